The molecule has 0 atom stereocenters. The highest BCUT2D eigenvalue weighted by molar-refractivity contribution is 5.78. The van der Waals surface area contributed by atoms with Crippen LogP contribution >= 0.6 is 0 Å². The Kier molecular flexibility index (Phi) is 7.50. The van der Waals surface area contributed by atoms with Gasteiger partial charge in [0.1, 0.15) is 6.54 Å². The Labute approximate surface area is 189 Å². The fraction of sp³-hybridized carbons (Fsp3) is 0.565. The molecule has 2 fully saturated rings. The average molecular weight is 443 g/mol. The molecule has 3 N–H and O–H groups in total. The van der Waals surface area contributed by atoms with Crippen molar-refractivity contribution in [2.75, 3.05) is 40.3 Å². The standard InChI is InChI=1S/C23H34N6O3/c1-4-32-20(30)15-25-14-19(27-24)16-29-17-22(26-21(29)31)10-12-23(13-11-22,28(2)3)18-8-6-5-7-9-18/h5-9,14,24-25H,4,10-13,15-17H2,1-3H3,(H,26,31)/b19-14-,27-24?/t22-,23+. The molecule has 2 amide bonds. The first-order chi connectivity index (χ1) is 15.3. The predicted octanol–water partition coefficient (Wildman–Crippen LogP) is 2.81. The topological polar surface area (TPSA) is 110 Å². The van der Waals surface area contributed by atoms with Gasteiger partial charge in [0.25, 0.3) is 0 Å². The minimum absolute atomic E-state index is 0.00486. The van der Waals surface area contributed by atoms with Gasteiger partial charge in [-0.05, 0) is 52.3 Å². The highest BCUT2D eigenvalue weighted by atomic mass is 16.5. The number of urea groups is 1. The van der Waals surface area contributed by atoms with Crippen molar-refractivity contribution >= 4 is 12.0 Å². The first-order valence-electron chi connectivity index (χ1n) is 11.1. The van der Waals surface area contributed by atoms with Crippen molar-refractivity contribution in [3.05, 3.63) is 47.8 Å². The van der Waals surface area contributed by atoms with Crippen LogP contribution < -0.4 is 10.6 Å². The van der Waals surface area contributed by atoms with Crippen LogP contribution in [0.25, 0.3) is 0 Å². The zero-order chi connectivity index (χ0) is 23.2. The number of carbonyl (C=O) groups excluding carboxylic acids is 2. The number of esters is 1. The quantitative estimate of drug-likeness (QED) is 0.402. The molecule has 9 nitrogen and oxygen atoms in total. The molecule has 0 aromatic heterocycles. The maximum atomic E-state index is 12.7. The highest BCUT2D eigenvalue weighted by Gasteiger charge is 2.50. The number of hydrogen-bond donors (Lipinski definition) is 3. The number of nitrogens with zero attached hydrogens (tertiary/aromatic N) is 3. The third-order valence-electron chi connectivity index (χ3n) is 6.67. The molecule has 1 heterocycles. The predicted molar refractivity (Wildman–Crippen MR) is 121 cm³/mol. The van der Waals surface area contributed by atoms with Crippen molar-refractivity contribution in [1.29, 1.82) is 5.53 Å². The molecule has 1 saturated carbocycles. The molecule has 0 unspecified atom stereocenters. The molecule has 1 saturated heterocycles. The Morgan fingerprint density at radius 2 is 1.97 bits per heavy atom. The summed E-state index contributed by atoms with van der Waals surface area (Å²) in [6.45, 7) is 2.84. The van der Waals surface area contributed by atoms with Crippen molar-refractivity contribution in [2.45, 2.75) is 43.7 Å². The van der Waals surface area contributed by atoms with Crippen LogP contribution in [0.1, 0.15) is 38.2 Å². The summed E-state index contributed by atoms with van der Waals surface area (Å²) in [6, 6.07) is 10.4. The van der Waals surface area contributed by atoms with Crippen LogP contribution in [0.15, 0.2) is 47.3 Å². The molecule has 1 aromatic rings. The lowest BCUT2D eigenvalue weighted by molar-refractivity contribution is -0.141. The Morgan fingerprint density at radius 3 is 2.56 bits per heavy atom. The first-order valence-corrected chi connectivity index (χ1v) is 11.1. The van der Waals surface area contributed by atoms with Gasteiger partial charge in [-0.1, -0.05) is 30.3 Å². The largest absolute Gasteiger partial charge is 0.465 e. The van der Waals surface area contributed by atoms with Gasteiger partial charge < -0.3 is 20.3 Å². The lowest BCUT2D eigenvalue weighted by Gasteiger charge is -2.48. The molecule has 1 aliphatic heterocycles. The second-order valence-electron chi connectivity index (χ2n) is 8.79. The van der Waals surface area contributed by atoms with E-state index in [-0.39, 0.29) is 36.2 Å². The van der Waals surface area contributed by atoms with Crippen molar-refractivity contribution in [3.8, 4) is 0 Å². The second kappa shape index (κ2) is 10.1. The van der Waals surface area contributed by atoms with Gasteiger partial charge in [0.15, 0.2) is 0 Å². The summed E-state index contributed by atoms with van der Waals surface area (Å²) in [6.07, 6.45) is 5.14. The van der Waals surface area contributed by atoms with Crippen LogP contribution in [0.4, 0.5) is 4.79 Å². The number of carbonyl (C=O) groups is 2. The minimum Gasteiger partial charge on any atom is -0.465 e. The lowest BCUT2D eigenvalue weighted by Crippen LogP contribution is -2.54. The molecule has 1 spiro atoms. The van der Waals surface area contributed by atoms with Gasteiger partial charge in [0.2, 0.25) is 0 Å². The Bertz CT molecular complexity index is 847. The maximum Gasteiger partial charge on any atom is 0.325 e. The van der Waals surface area contributed by atoms with E-state index in [4.69, 9.17) is 10.3 Å². The number of amides is 2. The highest BCUT2D eigenvalue weighted by Crippen LogP contribution is 2.45. The summed E-state index contributed by atoms with van der Waals surface area (Å²) in [5, 5.41) is 9.54. The number of hydrogen-bond acceptors (Lipinski definition) is 7. The van der Waals surface area contributed by atoms with Gasteiger partial charge in [-0.25, -0.2) is 10.3 Å². The summed E-state index contributed by atoms with van der Waals surface area (Å²) >= 11 is 0. The van der Waals surface area contributed by atoms with Gasteiger partial charge in [0, 0.05) is 18.3 Å². The third-order valence-corrected chi connectivity index (χ3v) is 6.67. The molecule has 32 heavy (non-hydrogen) atoms. The van der Waals surface area contributed by atoms with Crippen molar-refractivity contribution < 1.29 is 14.3 Å². The van der Waals surface area contributed by atoms with Gasteiger partial charge in [-0.3, -0.25) is 9.69 Å². The first kappa shape index (κ1) is 23.7. The van der Waals surface area contributed by atoms with Crippen molar-refractivity contribution in [3.63, 3.8) is 0 Å². The van der Waals surface area contributed by atoms with E-state index in [2.05, 4.69) is 59.0 Å². The summed E-state index contributed by atoms with van der Waals surface area (Å²) in [5.74, 6) is -0.379. The normalized spacial score (nSPS) is 25.7. The van der Waals surface area contributed by atoms with Crippen LogP contribution in [-0.2, 0) is 15.1 Å². The van der Waals surface area contributed by atoms with E-state index in [1.54, 1.807) is 11.8 Å². The van der Waals surface area contributed by atoms with E-state index in [0.717, 1.165) is 25.7 Å². The van der Waals surface area contributed by atoms with Crippen molar-refractivity contribution in [2.24, 2.45) is 5.11 Å². The lowest BCUT2D eigenvalue weighted by atomic mass is 9.69. The van der Waals surface area contributed by atoms with Gasteiger partial charge in [-0.15, -0.1) is 0 Å². The maximum absolute atomic E-state index is 12.7. The SMILES string of the molecule is CCOC(=O)CN/C=C(/CN1C[C@]2(CC[C@](c3ccccc3)(N(C)C)CC2)NC1=O)N=N. The molecule has 2 aliphatic rings. The van der Waals surface area contributed by atoms with E-state index >= 15 is 0 Å². The molecule has 0 bridgehead atoms. The van der Waals surface area contributed by atoms with E-state index in [1.807, 2.05) is 6.07 Å². The zero-order valence-corrected chi connectivity index (χ0v) is 19.2. The smallest absolute Gasteiger partial charge is 0.325 e. The summed E-state index contributed by atoms with van der Waals surface area (Å²) < 4.78 is 4.86. The Hall–Kier alpha value is -2.94. The summed E-state index contributed by atoms with van der Waals surface area (Å²) in [7, 11) is 4.25. The van der Waals surface area contributed by atoms with Crippen LogP contribution in [0, 0.1) is 5.53 Å². The average Bonchev–Trinajstić information content (AvgIpc) is 3.08. The number of nitrogens with one attached hydrogen (secondary N) is 3. The monoisotopic (exact) mass is 442 g/mol. The number of rotatable bonds is 9. The Morgan fingerprint density at radius 1 is 1.28 bits per heavy atom. The second-order valence-corrected chi connectivity index (χ2v) is 8.79. The Balaban J connectivity index is 1.63. The van der Waals surface area contributed by atoms with Gasteiger partial charge >= 0.3 is 12.0 Å². The van der Waals surface area contributed by atoms with Crippen molar-refractivity contribution in [1.82, 2.24) is 20.4 Å². The van der Waals surface area contributed by atoms with E-state index in [9.17, 15) is 9.59 Å². The van der Waals surface area contributed by atoms with E-state index in [0.29, 0.717) is 18.8 Å². The van der Waals surface area contributed by atoms with E-state index in [1.165, 1.54) is 11.8 Å². The fourth-order valence-corrected chi connectivity index (χ4v) is 4.85. The van der Waals surface area contributed by atoms with Gasteiger partial charge in [0.05, 0.1) is 24.4 Å². The molecule has 1 aliphatic carbocycles. The molecule has 174 valence electrons. The molecule has 1 aromatic carbocycles. The molecular weight excluding hydrogens is 408 g/mol. The molecule has 0 radical (unpaired) electrons. The summed E-state index contributed by atoms with van der Waals surface area (Å²) in [5.41, 5.74) is 8.81. The van der Waals surface area contributed by atoms with Crippen LogP contribution in [0.5, 0.6) is 0 Å². The molecular formula is C23H34N6O3. The van der Waals surface area contributed by atoms with E-state index < -0.39 is 0 Å². The summed E-state index contributed by atoms with van der Waals surface area (Å²) in [4.78, 5) is 28.2. The zero-order valence-electron chi connectivity index (χ0n) is 19.2. The number of benzene rings is 1. The third kappa shape index (κ3) is 5.09. The molecule has 3 rings (SSSR count). The minimum atomic E-state index is -0.379. The van der Waals surface area contributed by atoms with Crippen LogP contribution in [0.3, 0.4) is 0 Å². The number of ether oxygens (including phenoxy) is 1. The fourth-order valence-electron chi connectivity index (χ4n) is 4.85. The van der Waals surface area contributed by atoms with Gasteiger partial charge in [-0.2, -0.15) is 5.11 Å². The van der Waals surface area contributed by atoms with Crippen LogP contribution in [-0.4, -0.2) is 67.7 Å². The van der Waals surface area contributed by atoms with Crippen LogP contribution in [0.2, 0.25) is 0 Å². The molecule has 9 heteroatoms.